The van der Waals surface area contributed by atoms with Gasteiger partial charge in [-0.05, 0) is 27.7 Å². The smallest absolute Gasteiger partial charge is 0.164 e. The summed E-state index contributed by atoms with van der Waals surface area (Å²) in [6.45, 7) is 7.46. The molecule has 1 rings (SSSR count). The van der Waals surface area contributed by atoms with Crippen LogP contribution in [-0.4, -0.2) is 29.2 Å². The zero-order chi connectivity index (χ0) is 8.70. The normalized spacial score (nSPS) is 42.8. The highest BCUT2D eigenvalue weighted by Gasteiger charge is 2.47. The largest absolute Gasteiger partial charge is 0.393 e. The molecule has 0 amide bonds. The second-order valence-corrected chi connectivity index (χ2v) is 3.73. The summed E-state index contributed by atoms with van der Waals surface area (Å²) < 4.78 is 11.0. The second-order valence-electron chi connectivity index (χ2n) is 3.73. The molecule has 0 spiro atoms. The van der Waals surface area contributed by atoms with Gasteiger partial charge in [-0.15, -0.1) is 0 Å². The Kier molecular flexibility index (Phi) is 1.99. The van der Waals surface area contributed by atoms with Crippen LogP contribution >= 0.6 is 0 Å². The van der Waals surface area contributed by atoms with Crippen LogP contribution in [0.4, 0.5) is 0 Å². The molecule has 0 aromatic heterocycles. The van der Waals surface area contributed by atoms with Crippen LogP contribution in [-0.2, 0) is 9.47 Å². The molecule has 1 heterocycles. The van der Waals surface area contributed by atoms with Crippen molar-refractivity contribution in [3.05, 3.63) is 0 Å². The Balaban J connectivity index is 2.73. The number of hydrogen-bond donors (Lipinski definition) is 1. The summed E-state index contributed by atoms with van der Waals surface area (Å²) in [5.74, 6) is -0.559. The molecule has 0 aromatic carbocycles. The van der Waals surface area contributed by atoms with E-state index in [2.05, 4.69) is 0 Å². The highest BCUT2D eigenvalue weighted by Crippen LogP contribution is 2.35. The highest BCUT2D eigenvalue weighted by molar-refractivity contribution is 4.89. The zero-order valence-corrected chi connectivity index (χ0v) is 7.55. The van der Waals surface area contributed by atoms with Crippen molar-refractivity contribution in [1.29, 1.82) is 0 Å². The molecule has 0 bridgehead atoms. The lowest BCUT2D eigenvalue weighted by molar-refractivity contribution is -0.165. The first-order chi connectivity index (χ1) is 4.90. The van der Waals surface area contributed by atoms with Gasteiger partial charge in [-0.25, -0.2) is 0 Å². The van der Waals surface area contributed by atoms with Crippen molar-refractivity contribution >= 4 is 0 Å². The minimum atomic E-state index is -0.559. The Hall–Kier alpha value is -0.120. The maximum Gasteiger partial charge on any atom is 0.164 e. The van der Waals surface area contributed by atoms with E-state index in [9.17, 15) is 0 Å². The van der Waals surface area contributed by atoms with Gasteiger partial charge in [0.25, 0.3) is 0 Å². The van der Waals surface area contributed by atoms with E-state index in [4.69, 9.17) is 14.6 Å². The summed E-state index contributed by atoms with van der Waals surface area (Å²) in [7, 11) is 0. The van der Waals surface area contributed by atoms with Crippen LogP contribution in [0.3, 0.4) is 0 Å². The molecule has 0 radical (unpaired) electrons. The molecular formula is C8H16O3. The molecule has 2 unspecified atom stereocenters. The van der Waals surface area contributed by atoms with E-state index in [1.165, 1.54) is 0 Å². The SMILES string of the molecule is CC1OC(C)(C)OC1(C)CO. The van der Waals surface area contributed by atoms with Crippen LogP contribution in [0.2, 0.25) is 0 Å². The first kappa shape index (κ1) is 8.97. The molecule has 1 aliphatic heterocycles. The van der Waals surface area contributed by atoms with Gasteiger partial charge in [-0.1, -0.05) is 0 Å². The third kappa shape index (κ3) is 1.55. The first-order valence-corrected chi connectivity index (χ1v) is 3.88. The van der Waals surface area contributed by atoms with Gasteiger partial charge < -0.3 is 14.6 Å². The summed E-state index contributed by atoms with van der Waals surface area (Å²) in [5, 5.41) is 9.02. The van der Waals surface area contributed by atoms with Crippen LogP contribution in [0, 0.1) is 0 Å². The maximum atomic E-state index is 9.02. The van der Waals surface area contributed by atoms with Crippen molar-refractivity contribution in [2.75, 3.05) is 6.61 Å². The van der Waals surface area contributed by atoms with Crippen molar-refractivity contribution in [1.82, 2.24) is 0 Å². The summed E-state index contributed by atoms with van der Waals surface area (Å²) in [4.78, 5) is 0. The molecule has 66 valence electrons. The van der Waals surface area contributed by atoms with Crippen molar-refractivity contribution in [3.63, 3.8) is 0 Å². The van der Waals surface area contributed by atoms with Gasteiger partial charge in [-0.3, -0.25) is 0 Å². The average Bonchev–Trinajstić information content (AvgIpc) is 2.03. The third-order valence-electron chi connectivity index (χ3n) is 2.11. The zero-order valence-electron chi connectivity index (χ0n) is 7.55. The topological polar surface area (TPSA) is 38.7 Å². The molecule has 2 atom stereocenters. The van der Waals surface area contributed by atoms with E-state index in [-0.39, 0.29) is 12.7 Å². The summed E-state index contributed by atoms with van der Waals surface area (Å²) in [5.41, 5.74) is -0.538. The van der Waals surface area contributed by atoms with Crippen molar-refractivity contribution in [2.24, 2.45) is 0 Å². The molecule has 0 saturated carbocycles. The fraction of sp³-hybridized carbons (Fsp3) is 1.00. The van der Waals surface area contributed by atoms with Gasteiger partial charge >= 0.3 is 0 Å². The summed E-state index contributed by atoms with van der Waals surface area (Å²) in [6, 6.07) is 0. The molecule has 1 saturated heterocycles. The van der Waals surface area contributed by atoms with Gasteiger partial charge in [0.15, 0.2) is 5.79 Å². The lowest BCUT2D eigenvalue weighted by atomic mass is 10.0. The Morgan fingerprint density at radius 1 is 1.36 bits per heavy atom. The van der Waals surface area contributed by atoms with Crippen molar-refractivity contribution < 1.29 is 14.6 Å². The summed E-state index contributed by atoms with van der Waals surface area (Å²) in [6.07, 6.45) is -0.0532. The van der Waals surface area contributed by atoms with Gasteiger partial charge in [0, 0.05) is 0 Å². The van der Waals surface area contributed by atoms with E-state index in [1.807, 2.05) is 27.7 Å². The van der Waals surface area contributed by atoms with E-state index in [0.29, 0.717) is 0 Å². The van der Waals surface area contributed by atoms with E-state index in [1.54, 1.807) is 0 Å². The highest BCUT2D eigenvalue weighted by atomic mass is 16.8. The number of hydrogen-bond acceptors (Lipinski definition) is 3. The Bertz CT molecular complexity index is 155. The van der Waals surface area contributed by atoms with Crippen LogP contribution in [0.25, 0.3) is 0 Å². The number of aliphatic hydroxyl groups excluding tert-OH is 1. The fourth-order valence-corrected chi connectivity index (χ4v) is 1.38. The molecule has 3 nitrogen and oxygen atoms in total. The molecule has 3 heteroatoms. The molecule has 1 aliphatic rings. The second kappa shape index (κ2) is 2.44. The van der Waals surface area contributed by atoms with E-state index < -0.39 is 11.4 Å². The quantitative estimate of drug-likeness (QED) is 0.619. The van der Waals surface area contributed by atoms with E-state index >= 15 is 0 Å². The molecular weight excluding hydrogens is 144 g/mol. The van der Waals surface area contributed by atoms with Crippen molar-refractivity contribution in [3.8, 4) is 0 Å². The number of rotatable bonds is 1. The van der Waals surface area contributed by atoms with Crippen LogP contribution in [0.1, 0.15) is 27.7 Å². The molecule has 1 N–H and O–H groups in total. The molecule has 0 aromatic rings. The predicted octanol–water partition coefficient (Wildman–Crippen LogP) is 0.909. The Morgan fingerprint density at radius 2 is 1.91 bits per heavy atom. The van der Waals surface area contributed by atoms with Crippen LogP contribution in [0.5, 0.6) is 0 Å². The van der Waals surface area contributed by atoms with Crippen LogP contribution < -0.4 is 0 Å². The monoisotopic (exact) mass is 160 g/mol. The number of ether oxygens (including phenoxy) is 2. The minimum absolute atomic E-state index is 0.00238. The molecule has 1 fully saturated rings. The standard InChI is InChI=1S/C8H16O3/c1-6-8(4,5-9)11-7(2,3)10-6/h6,9H,5H2,1-4H3. The third-order valence-corrected chi connectivity index (χ3v) is 2.11. The van der Waals surface area contributed by atoms with Crippen molar-refractivity contribution in [2.45, 2.75) is 45.2 Å². The van der Waals surface area contributed by atoms with Gasteiger partial charge in [0.1, 0.15) is 5.60 Å². The number of aliphatic hydroxyl groups is 1. The molecule has 0 aliphatic carbocycles. The van der Waals surface area contributed by atoms with Gasteiger partial charge in [0.05, 0.1) is 12.7 Å². The van der Waals surface area contributed by atoms with Gasteiger partial charge in [0.2, 0.25) is 0 Å². The van der Waals surface area contributed by atoms with Gasteiger partial charge in [-0.2, -0.15) is 0 Å². The fourth-order valence-electron chi connectivity index (χ4n) is 1.38. The predicted molar refractivity (Wildman–Crippen MR) is 41.2 cm³/mol. The average molecular weight is 160 g/mol. The Morgan fingerprint density at radius 3 is 2.09 bits per heavy atom. The molecule has 11 heavy (non-hydrogen) atoms. The minimum Gasteiger partial charge on any atom is -0.393 e. The Labute approximate surface area is 67.3 Å². The lowest BCUT2D eigenvalue weighted by Gasteiger charge is -2.24. The first-order valence-electron chi connectivity index (χ1n) is 3.88. The van der Waals surface area contributed by atoms with Crippen LogP contribution in [0.15, 0.2) is 0 Å². The van der Waals surface area contributed by atoms with E-state index in [0.717, 1.165) is 0 Å². The summed E-state index contributed by atoms with van der Waals surface area (Å²) >= 11 is 0. The lowest BCUT2D eigenvalue weighted by Crippen LogP contribution is -2.39. The maximum absolute atomic E-state index is 9.02.